The van der Waals surface area contributed by atoms with Crippen molar-refractivity contribution in [2.75, 3.05) is 6.61 Å². The molecule has 0 fully saturated rings. The molecule has 1 aliphatic heterocycles. The summed E-state index contributed by atoms with van der Waals surface area (Å²) in [7, 11) is 0. The smallest absolute Gasteiger partial charge is 0.338 e. The number of rotatable bonds is 4. The van der Waals surface area contributed by atoms with Gasteiger partial charge in [-0.3, -0.25) is 9.36 Å². The van der Waals surface area contributed by atoms with Crippen LogP contribution in [0.2, 0.25) is 5.02 Å². The molecule has 0 amide bonds. The van der Waals surface area contributed by atoms with E-state index in [1.165, 1.54) is 11.3 Å². The number of benzene rings is 3. The normalized spacial score (nSPS) is 15.9. The number of carbonyl (C=O) groups excluding carboxylic acids is 1. The Balaban J connectivity index is 1.75. The highest BCUT2D eigenvalue weighted by molar-refractivity contribution is 7.07. The van der Waals surface area contributed by atoms with Gasteiger partial charge in [0.05, 0.1) is 28.5 Å². The second-order valence-electron chi connectivity index (χ2n) is 7.92. The first-order chi connectivity index (χ1) is 16.5. The molecule has 5 nitrogen and oxygen atoms in total. The Hall–Kier alpha value is -3.48. The van der Waals surface area contributed by atoms with Crippen LogP contribution in [0.5, 0.6) is 0 Å². The number of esters is 1. The topological polar surface area (TPSA) is 60.7 Å². The average molecular weight is 489 g/mol. The number of aromatic nitrogens is 1. The fourth-order valence-corrected chi connectivity index (χ4v) is 5.43. The standard InChI is InChI=1S/C27H21ClN2O3S/c1-3-33-26(32)23-16(2)29-27-30(24(23)18-11-13-20(28)14-12-18)25(31)22(34-27)15-19-9-6-8-17-7-4-5-10-21(17)19/h4-15,24H,3H2,1-2H3/b22-15-/t24-/m1/s1. The lowest BCUT2D eigenvalue weighted by Crippen LogP contribution is -2.39. The van der Waals surface area contributed by atoms with Crippen LogP contribution in [-0.2, 0) is 9.53 Å². The van der Waals surface area contributed by atoms with Crippen molar-refractivity contribution in [1.82, 2.24) is 4.57 Å². The van der Waals surface area contributed by atoms with E-state index in [2.05, 4.69) is 4.99 Å². The number of fused-ring (bicyclic) bond motifs is 2. The third kappa shape index (κ3) is 3.89. The van der Waals surface area contributed by atoms with Crippen molar-refractivity contribution in [3.63, 3.8) is 0 Å². The van der Waals surface area contributed by atoms with E-state index >= 15 is 0 Å². The average Bonchev–Trinajstić information content (AvgIpc) is 3.13. The maximum atomic E-state index is 13.7. The Labute approximate surface area is 204 Å². The van der Waals surface area contributed by atoms with Gasteiger partial charge in [-0.25, -0.2) is 9.79 Å². The molecule has 2 heterocycles. The second kappa shape index (κ2) is 9.05. The fourth-order valence-electron chi connectivity index (χ4n) is 4.27. The van der Waals surface area contributed by atoms with Crippen LogP contribution in [0, 0.1) is 0 Å². The minimum atomic E-state index is -0.651. The van der Waals surface area contributed by atoms with Gasteiger partial charge >= 0.3 is 5.97 Å². The van der Waals surface area contributed by atoms with Crippen LogP contribution in [0.1, 0.15) is 31.0 Å². The molecule has 1 aliphatic rings. The highest BCUT2D eigenvalue weighted by atomic mass is 35.5. The van der Waals surface area contributed by atoms with Gasteiger partial charge < -0.3 is 4.74 Å². The SMILES string of the molecule is CCOC(=O)C1=C(C)N=c2s/c(=C\c3cccc4ccccc34)c(=O)n2[C@@H]1c1ccc(Cl)cc1. The van der Waals surface area contributed by atoms with Crippen LogP contribution < -0.4 is 14.9 Å². The zero-order valence-electron chi connectivity index (χ0n) is 18.6. The Morgan fingerprint density at radius 2 is 1.85 bits per heavy atom. The van der Waals surface area contributed by atoms with Crippen LogP contribution in [0.25, 0.3) is 16.8 Å². The summed E-state index contributed by atoms with van der Waals surface area (Å²) in [6.07, 6.45) is 1.90. The van der Waals surface area contributed by atoms with Gasteiger partial charge in [-0.05, 0) is 54.0 Å². The molecule has 0 unspecified atom stereocenters. The zero-order valence-corrected chi connectivity index (χ0v) is 20.2. The number of carbonyl (C=O) groups is 1. The summed E-state index contributed by atoms with van der Waals surface area (Å²) in [4.78, 5) is 31.8. The van der Waals surface area contributed by atoms with Crippen molar-refractivity contribution >= 4 is 45.8 Å². The number of hydrogen-bond acceptors (Lipinski definition) is 5. The third-order valence-electron chi connectivity index (χ3n) is 5.81. The molecule has 0 radical (unpaired) electrons. The van der Waals surface area contributed by atoms with E-state index in [0.29, 0.717) is 25.6 Å². The molecule has 3 aromatic carbocycles. The van der Waals surface area contributed by atoms with Crippen LogP contribution in [-0.4, -0.2) is 17.1 Å². The monoisotopic (exact) mass is 488 g/mol. The molecule has 1 atom stereocenters. The predicted molar refractivity (Wildman–Crippen MR) is 136 cm³/mol. The summed E-state index contributed by atoms with van der Waals surface area (Å²) in [6.45, 7) is 3.76. The third-order valence-corrected chi connectivity index (χ3v) is 7.05. The Bertz CT molecular complexity index is 1630. The number of ether oxygens (including phenoxy) is 1. The van der Waals surface area contributed by atoms with Crippen molar-refractivity contribution in [3.8, 4) is 0 Å². The number of halogens is 1. The predicted octanol–water partition coefficient (Wildman–Crippen LogP) is 4.60. The maximum absolute atomic E-state index is 13.7. The van der Waals surface area contributed by atoms with Crippen molar-refractivity contribution < 1.29 is 9.53 Å². The van der Waals surface area contributed by atoms with Crippen LogP contribution in [0.15, 0.2) is 87.8 Å². The van der Waals surface area contributed by atoms with Gasteiger partial charge in [-0.2, -0.15) is 0 Å². The Kier molecular flexibility index (Phi) is 5.94. The van der Waals surface area contributed by atoms with E-state index in [-0.39, 0.29) is 12.2 Å². The van der Waals surface area contributed by atoms with Gasteiger partial charge in [0.15, 0.2) is 4.80 Å². The van der Waals surface area contributed by atoms with E-state index in [4.69, 9.17) is 16.3 Å². The Morgan fingerprint density at radius 3 is 2.62 bits per heavy atom. The van der Waals surface area contributed by atoms with E-state index in [0.717, 1.165) is 21.9 Å². The van der Waals surface area contributed by atoms with Gasteiger partial charge in [0.1, 0.15) is 0 Å². The largest absolute Gasteiger partial charge is 0.463 e. The molecule has 0 N–H and O–H groups in total. The van der Waals surface area contributed by atoms with Crippen LogP contribution in [0.3, 0.4) is 0 Å². The van der Waals surface area contributed by atoms with E-state index in [1.54, 1.807) is 30.5 Å². The zero-order chi connectivity index (χ0) is 23.8. The molecule has 170 valence electrons. The number of thiazole rings is 1. The van der Waals surface area contributed by atoms with Gasteiger partial charge in [-0.15, -0.1) is 0 Å². The summed E-state index contributed by atoms with van der Waals surface area (Å²) in [5, 5.41) is 2.74. The first kappa shape index (κ1) is 22.3. The number of allylic oxidation sites excluding steroid dienone is 1. The van der Waals surface area contributed by atoms with E-state index in [1.807, 2.05) is 60.7 Å². The second-order valence-corrected chi connectivity index (χ2v) is 9.37. The first-order valence-electron chi connectivity index (χ1n) is 10.9. The summed E-state index contributed by atoms with van der Waals surface area (Å²) < 4.78 is 7.47. The summed E-state index contributed by atoms with van der Waals surface area (Å²) in [5.74, 6) is -0.480. The highest BCUT2D eigenvalue weighted by Gasteiger charge is 2.33. The lowest BCUT2D eigenvalue weighted by Gasteiger charge is -2.24. The molecular formula is C27H21ClN2O3S. The van der Waals surface area contributed by atoms with Crippen molar-refractivity contribution in [2.45, 2.75) is 19.9 Å². The molecule has 0 saturated heterocycles. The molecule has 1 aromatic heterocycles. The molecule has 0 bridgehead atoms. The Morgan fingerprint density at radius 1 is 1.12 bits per heavy atom. The fraction of sp³-hybridized carbons (Fsp3) is 0.148. The van der Waals surface area contributed by atoms with E-state index < -0.39 is 12.0 Å². The van der Waals surface area contributed by atoms with Crippen molar-refractivity contribution in [2.24, 2.45) is 4.99 Å². The lowest BCUT2D eigenvalue weighted by molar-refractivity contribution is -0.139. The van der Waals surface area contributed by atoms with E-state index in [9.17, 15) is 9.59 Å². The lowest BCUT2D eigenvalue weighted by atomic mass is 9.96. The molecular weight excluding hydrogens is 468 g/mol. The summed E-state index contributed by atoms with van der Waals surface area (Å²) in [5.41, 5.74) is 2.41. The molecule has 34 heavy (non-hydrogen) atoms. The highest BCUT2D eigenvalue weighted by Crippen LogP contribution is 2.31. The van der Waals surface area contributed by atoms with Gasteiger partial charge in [0.25, 0.3) is 5.56 Å². The minimum absolute atomic E-state index is 0.203. The van der Waals surface area contributed by atoms with Crippen molar-refractivity contribution in [3.05, 3.63) is 114 Å². The molecule has 0 spiro atoms. The minimum Gasteiger partial charge on any atom is -0.463 e. The maximum Gasteiger partial charge on any atom is 0.338 e. The molecule has 5 rings (SSSR count). The van der Waals surface area contributed by atoms with Crippen molar-refractivity contribution in [1.29, 1.82) is 0 Å². The summed E-state index contributed by atoms with van der Waals surface area (Å²) in [6, 6.07) is 20.6. The summed E-state index contributed by atoms with van der Waals surface area (Å²) >= 11 is 7.42. The number of nitrogens with zero attached hydrogens (tertiary/aromatic N) is 2. The molecule has 0 saturated carbocycles. The molecule has 7 heteroatoms. The quantitative estimate of drug-likeness (QED) is 0.394. The van der Waals surface area contributed by atoms with Gasteiger partial charge in [0, 0.05) is 5.02 Å². The van der Waals surface area contributed by atoms with Gasteiger partial charge in [0.2, 0.25) is 0 Å². The first-order valence-corrected chi connectivity index (χ1v) is 12.1. The van der Waals surface area contributed by atoms with Crippen LogP contribution >= 0.6 is 22.9 Å². The van der Waals surface area contributed by atoms with Crippen LogP contribution in [0.4, 0.5) is 0 Å². The number of hydrogen-bond donors (Lipinski definition) is 0. The molecule has 0 aliphatic carbocycles. The molecule has 4 aromatic rings. The van der Waals surface area contributed by atoms with Gasteiger partial charge in [-0.1, -0.05) is 77.5 Å².